The summed E-state index contributed by atoms with van der Waals surface area (Å²) in [6.45, 7) is 11.2. The van der Waals surface area contributed by atoms with E-state index in [1.54, 1.807) is 0 Å². The zero-order chi connectivity index (χ0) is 25.1. The Morgan fingerprint density at radius 2 is 1.60 bits per heavy atom. The van der Waals surface area contributed by atoms with Crippen LogP contribution >= 0.6 is 0 Å². The molecular weight excluding hydrogens is 438 g/mol. The van der Waals surface area contributed by atoms with Gasteiger partial charge in [-0.1, -0.05) is 64.4 Å². The molecule has 0 aromatic heterocycles. The number of hydrogen-bond donors (Lipinski definition) is 1. The van der Waals surface area contributed by atoms with Crippen molar-refractivity contribution >= 4 is 11.8 Å². The Labute approximate surface area is 209 Å². The lowest BCUT2D eigenvalue weighted by atomic mass is 9.77. The third-order valence-corrected chi connectivity index (χ3v) is 7.32. The Morgan fingerprint density at radius 1 is 0.971 bits per heavy atom. The lowest BCUT2D eigenvalue weighted by molar-refractivity contribution is -0.164. The second-order valence-electron chi connectivity index (χ2n) is 11.0. The SMILES string of the molecule is CCCCN1C(=O)[C@H](C(C)(C)C)NC(=O)C12CCN(Cc1ccc(Oc3ccccc3)cc1)CC2. The zero-order valence-corrected chi connectivity index (χ0v) is 21.5. The molecule has 4 rings (SSSR count). The number of benzene rings is 2. The summed E-state index contributed by atoms with van der Waals surface area (Å²) in [5.74, 6) is 1.74. The molecule has 2 saturated heterocycles. The number of carbonyl (C=O) groups is 2. The van der Waals surface area contributed by atoms with Crippen LogP contribution in [-0.2, 0) is 16.1 Å². The molecule has 2 aliphatic heterocycles. The molecule has 1 atom stereocenters. The van der Waals surface area contributed by atoms with Crippen molar-refractivity contribution < 1.29 is 14.3 Å². The first-order valence-corrected chi connectivity index (χ1v) is 12.9. The van der Waals surface area contributed by atoms with Gasteiger partial charge >= 0.3 is 0 Å². The second-order valence-corrected chi connectivity index (χ2v) is 11.0. The quantitative estimate of drug-likeness (QED) is 0.611. The molecule has 0 aliphatic carbocycles. The first-order valence-electron chi connectivity index (χ1n) is 12.9. The fraction of sp³-hybridized carbons (Fsp3) is 0.517. The van der Waals surface area contributed by atoms with E-state index in [1.165, 1.54) is 5.56 Å². The molecule has 1 N–H and O–H groups in total. The van der Waals surface area contributed by atoms with Crippen molar-refractivity contribution in [3.05, 3.63) is 60.2 Å². The number of nitrogens with zero attached hydrogens (tertiary/aromatic N) is 2. The number of piperazine rings is 1. The topological polar surface area (TPSA) is 61.9 Å². The Balaban J connectivity index is 1.40. The predicted octanol–water partition coefficient (Wildman–Crippen LogP) is 4.99. The number of nitrogens with one attached hydrogen (secondary N) is 1. The molecule has 2 fully saturated rings. The van der Waals surface area contributed by atoms with Crippen LogP contribution in [0.15, 0.2) is 54.6 Å². The van der Waals surface area contributed by atoms with Gasteiger partial charge in [-0.05, 0) is 54.5 Å². The predicted molar refractivity (Wildman–Crippen MR) is 138 cm³/mol. The lowest BCUT2D eigenvalue weighted by Crippen LogP contribution is -2.74. The van der Waals surface area contributed by atoms with Gasteiger partial charge in [-0.2, -0.15) is 0 Å². The third kappa shape index (κ3) is 5.53. The largest absolute Gasteiger partial charge is 0.457 e. The van der Waals surface area contributed by atoms with Gasteiger partial charge in [0.2, 0.25) is 11.8 Å². The molecule has 6 nitrogen and oxygen atoms in total. The van der Waals surface area contributed by atoms with Gasteiger partial charge in [0.15, 0.2) is 0 Å². The summed E-state index contributed by atoms with van der Waals surface area (Å²) in [4.78, 5) is 31.3. The number of amides is 2. The molecule has 2 aromatic carbocycles. The van der Waals surface area contributed by atoms with Gasteiger partial charge in [-0.3, -0.25) is 14.5 Å². The van der Waals surface area contributed by atoms with E-state index in [0.717, 1.165) is 44.0 Å². The molecule has 0 saturated carbocycles. The minimum atomic E-state index is -0.724. The Bertz CT molecular complexity index is 1010. The van der Waals surface area contributed by atoms with Gasteiger partial charge < -0.3 is 15.0 Å². The van der Waals surface area contributed by atoms with Crippen molar-refractivity contribution in [2.75, 3.05) is 19.6 Å². The number of rotatable bonds is 7. The van der Waals surface area contributed by atoms with Crippen molar-refractivity contribution in [1.82, 2.24) is 15.1 Å². The summed E-state index contributed by atoms with van der Waals surface area (Å²) >= 11 is 0. The first kappa shape index (κ1) is 25.2. The fourth-order valence-corrected chi connectivity index (χ4v) is 5.17. The van der Waals surface area contributed by atoms with Crippen LogP contribution in [0.4, 0.5) is 0 Å². The van der Waals surface area contributed by atoms with Crippen LogP contribution in [0.5, 0.6) is 11.5 Å². The summed E-state index contributed by atoms with van der Waals surface area (Å²) in [6.07, 6.45) is 3.25. The van der Waals surface area contributed by atoms with Crippen molar-refractivity contribution in [2.45, 2.75) is 71.5 Å². The number of ether oxygens (including phenoxy) is 1. The first-order chi connectivity index (χ1) is 16.7. The fourth-order valence-electron chi connectivity index (χ4n) is 5.17. The normalized spacial score (nSPS) is 20.7. The monoisotopic (exact) mass is 477 g/mol. The molecule has 0 bridgehead atoms. The second kappa shape index (κ2) is 10.4. The van der Waals surface area contributed by atoms with Crippen molar-refractivity contribution in [3.63, 3.8) is 0 Å². The van der Waals surface area contributed by atoms with Gasteiger partial charge in [-0.15, -0.1) is 0 Å². The van der Waals surface area contributed by atoms with E-state index in [-0.39, 0.29) is 17.2 Å². The van der Waals surface area contributed by atoms with E-state index < -0.39 is 11.6 Å². The highest BCUT2D eigenvalue weighted by molar-refractivity contribution is 6.00. The van der Waals surface area contributed by atoms with Crippen molar-refractivity contribution in [1.29, 1.82) is 0 Å². The number of hydrogen-bond acceptors (Lipinski definition) is 4. The maximum atomic E-state index is 13.5. The van der Waals surface area contributed by atoms with E-state index in [4.69, 9.17) is 4.74 Å². The summed E-state index contributed by atoms with van der Waals surface area (Å²) in [7, 11) is 0. The van der Waals surface area contributed by atoms with Crippen LogP contribution in [0, 0.1) is 5.41 Å². The Kier molecular flexibility index (Phi) is 7.50. The summed E-state index contributed by atoms with van der Waals surface area (Å²) in [6, 6.07) is 17.5. The minimum Gasteiger partial charge on any atom is -0.457 e. The average Bonchev–Trinajstić information content (AvgIpc) is 2.84. The number of carbonyl (C=O) groups excluding carboxylic acids is 2. The molecule has 2 aromatic rings. The average molecular weight is 478 g/mol. The standard InChI is InChI=1S/C29H39N3O3/c1-5-6-18-32-26(33)25(28(2,3)4)30-27(34)29(32)16-19-31(20-17-29)21-22-12-14-24(15-13-22)35-23-10-8-7-9-11-23/h7-15,25H,5-6,16-21H2,1-4H3,(H,30,34)/t25-/m1/s1. The highest BCUT2D eigenvalue weighted by Gasteiger charge is 2.55. The number of para-hydroxylation sites is 1. The summed E-state index contributed by atoms with van der Waals surface area (Å²) < 4.78 is 5.90. The van der Waals surface area contributed by atoms with Crippen molar-refractivity contribution in [3.8, 4) is 11.5 Å². The van der Waals surface area contributed by atoms with Crippen LogP contribution in [0.3, 0.4) is 0 Å². The van der Waals surface area contributed by atoms with E-state index in [9.17, 15) is 9.59 Å². The van der Waals surface area contributed by atoms with Crippen molar-refractivity contribution in [2.24, 2.45) is 5.41 Å². The highest BCUT2D eigenvalue weighted by atomic mass is 16.5. The van der Waals surface area contributed by atoms with Gasteiger partial charge in [0, 0.05) is 26.2 Å². The number of likely N-dealkylation sites (tertiary alicyclic amines) is 1. The van der Waals surface area contributed by atoms with Gasteiger partial charge in [0.1, 0.15) is 23.1 Å². The smallest absolute Gasteiger partial charge is 0.246 e. The molecule has 0 unspecified atom stereocenters. The molecule has 2 heterocycles. The van der Waals surface area contributed by atoms with Crippen LogP contribution in [0.1, 0.15) is 58.9 Å². The van der Waals surface area contributed by atoms with E-state index in [2.05, 4.69) is 29.3 Å². The molecule has 0 radical (unpaired) electrons. The van der Waals surface area contributed by atoms with E-state index in [0.29, 0.717) is 19.4 Å². The molecule has 6 heteroatoms. The number of piperidine rings is 1. The van der Waals surface area contributed by atoms with Gasteiger partial charge in [-0.25, -0.2) is 0 Å². The maximum absolute atomic E-state index is 13.5. The molecule has 1 spiro atoms. The molecule has 188 valence electrons. The summed E-state index contributed by atoms with van der Waals surface area (Å²) in [5, 5.41) is 3.10. The lowest BCUT2D eigenvalue weighted by Gasteiger charge is -2.53. The minimum absolute atomic E-state index is 0.0233. The Morgan fingerprint density at radius 3 is 2.20 bits per heavy atom. The maximum Gasteiger partial charge on any atom is 0.246 e. The van der Waals surface area contributed by atoms with Crippen LogP contribution in [0.25, 0.3) is 0 Å². The van der Waals surface area contributed by atoms with Gasteiger partial charge in [0.25, 0.3) is 0 Å². The van der Waals surface area contributed by atoms with Crippen LogP contribution < -0.4 is 10.1 Å². The van der Waals surface area contributed by atoms with E-state index in [1.807, 2.05) is 68.1 Å². The molecular formula is C29H39N3O3. The third-order valence-electron chi connectivity index (χ3n) is 7.32. The Hall–Kier alpha value is -2.86. The molecule has 35 heavy (non-hydrogen) atoms. The van der Waals surface area contributed by atoms with Crippen LogP contribution in [0.2, 0.25) is 0 Å². The zero-order valence-electron chi connectivity index (χ0n) is 21.5. The highest BCUT2D eigenvalue weighted by Crippen LogP contribution is 2.37. The van der Waals surface area contributed by atoms with Crippen LogP contribution in [-0.4, -0.2) is 52.8 Å². The number of unbranched alkanes of at least 4 members (excludes halogenated alkanes) is 1. The van der Waals surface area contributed by atoms with E-state index >= 15 is 0 Å². The molecule has 2 aliphatic rings. The summed E-state index contributed by atoms with van der Waals surface area (Å²) in [5.41, 5.74) is 0.175. The molecule has 2 amide bonds. The van der Waals surface area contributed by atoms with Gasteiger partial charge in [0.05, 0.1) is 0 Å².